The monoisotopic (exact) mass is 304 g/mol. The van der Waals surface area contributed by atoms with Crippen molar-refractivity contribution >= 4 is 5.82 Å². The molecule has 0 unspecified atom stereocenters. The number of hydrogen-bond acceptors (Lipinski definition) is 5. The number of rotatable bonds is 4. The maximum atomic E-state index is 8.82. The number of hydrogen-bond donors (Lipinski definition) is 0. The van der Waals surface area contributed by atoms with Crippen LogP contribution in [0.4, 0.5) is 5.82 Å². The molecule has 6 nitrogen and oxygen atoms in total. The molecule has 0 saturated carbocycles. The van der Waals surface area contributed by atoms with Gasteiger partial charge in [0.25, 0.3) is 0 Å². The Kier molecular flexibility index (Phi) is 4.02. The summed E-state index contributed by atoms with van der Waals surface area (Å²) >= 11 is 0. The number of benzene rings is 1. The molecule has 23 heavy (non-hydrogen) atoms. The van der Waals surface area contributed by atoms with Gasteiger partial charge in [0, 0.05) is 19.8 Å². The Morgan fingerprint density at radius 1 is 1.09 bits per heavy atom. The first-order valence-electron chi connectivity index (χ1n) is 7.22. The van der Waals surface area contributed by atoms with Crippen LogP contribution >= 0.6 is 0 Å². The van der Waals surface area contributed by atoms with Crippen molar-refractivity contribution < 1.29 is 0 Å². The van der Waals surface area contributed by atoms with Gasteiger partial charge in [0.15, 0.2) is 11.6 Å². The standard InChI is InChI=1S/C17H16N6/c1-13-9-10-23(21-13)17-8-7-16(19-20-17)22(2)12-15-5-3-14(11-18)4-6-15/h3-10H,12H2,1-2H3. The molecule has 6 heteroatoms. The van der Waals surface area contributed by atoms with Gasteiger partial charge in [0.1, 0.15) is 0 Å². The van der Waals surface area contributed by atoms with Crippen LogP contribution in [0, 0.1) is 18.3 Å². The van der Waals surface area contributed by atoms with E-state index < -0.39 is 0 Å². The fourth-order valence-corrected chi connectivity index (χ4v) is 2.23. The van der Waals surface area contributed by atoms with Gasteiger partial charge >= 0.3 is 0 Å². The molecule has 3 rings (SSSR count). The zero-order chi connectivity index (χ0) is 16.2. The highest BCUT2D eigenvalue weighted by atomic mass is 15.4. The Labute approximate surface area is 134 Å². The molecule has 114 valence electrons. The fourth-order valence-electron chi connectivity index (χ4n) is 2.23. The third kappa shape index (κ3) is 3.35. The van der Waals surface area contributed by atoms with E-state index in [1.165, 1.54) is 0 Å². The number of nitriles is 1. The van der Waals surface area contributed by atoms with E-state index in [0.717, 1.165) is 17.1 Å². The molecule has 0 atom stereocenters. The maximum absolute atomic E-state index is 8.82. The van der Waals surface area contributed by atoms with E-state index in [0.29, 0.717) is 17.9 Å². The molecule has 0 aliphatic carbocycles. The van der Waals surface area contributed by atoms with Gasteiger partial charge in [0.2, 0.25) is 0 Å². The Balaban J connectivity index is 1.72. The lowest BCUT2D eigenvalue weighted by Crippen LogP contribution is -2.18. The Bertz CT molecular complexity index is 827. The molecule has 3 aromatic rings. The molecular formula is C17H16N6. The van der Waals surface area contributed by atoms with Crippen molar-refractivity contribution in [1.82, 2.24) is 20.0 Å². The largest absolute Gasteiger partial charge is 0.354 e. The molecule has 0 N–H and O–H groups in total. The summed E-state index contributed by atoms with van der Waals surface area (Å²) in [5.41, 5.74) is 2.71. The Morgan fingerprint density at radius 2 is 1.87 bits per heavy atom. The van der Waals surface area contributed by atoms with Gasteiger partial charge in [-0.05, 0) is 42.8 Å². The van der Waals surface area contributed by atoms with E-state index >= 15 is 0 Å². The summed E-state index contributed by atoms with van der Waals surface area (Å²) in [6, 6.07) is 15.4. The maximum Gasteiger partial charge on any atom is 0.175 e. The second-order valence-corrected chi connectivity index (χ2v) is 5.32. The highest BCUT2D eigenvalue weighted by Gasteiger charge is 2.06. The quantitative estimate of drug-likeness (QED) is 0.740. The SMILES string of the molecule is Cc1ccn(-c2ccc(N(C)Cc3ccc(C#N)cc3)nn2)n1. The first kappa shape index (κ1) is 14.7. The van der Waals surface area contributed by atoms with E-state index in [4.69, 9.17) is 5.26 Å². The van der Waals surface area contributed by atoms with E-state index in [9.17, 15) is 0 Å². The van der Waals surface area contributed by atoms with E-state index in [2.05, 4.69) is 21.4 Å². The van der Waals surface area contributed by atoms with Crippen molar-refractivity contribution in [1.29, 1.82) is 5.26 Å². The number of aryl methyl sites for hydroxylation is 1. The minimum atomic E-state index is 0.662. The Hall–Kier alpha value is -3.20. The summed E-state index contributed by atoms with van der Waals surface area (Å²) in [4.78, 5) is 2.01. The van der Waals surface area contributed by atoms with Crippen LogP contribution in [0.15, 0.2) is 48.7 Å². The molecule has 2 heterocycles. The van der Waals surface area contributed by atoms with Crippen molar-refractivity contribution in [2.45, 2.75) is 13.5 Å². The smallest absolute Gasteiger partial charge is 0.175 e. The lowest BCUT2D eigenvalue weighted by molar-refractivity contribution is 0.789. The highest BCUT2D eigenvalue weighted by Crippen LogP contribution is 2.14. The summed E-state index contributed by atoms with van der Waals surface area (Å²) in [7, 11) is 1.96. The van der Waals surface area contributed by atoms with Crippen molar-refractivity contribution in [2.24, 2.45) is 0 Å². The lowest BCUT2D eigenvalue weighted by Gasteiger charge is -2.17. The second kappa shape index (κ2) is 6.28. The zero-order valence-corrected chi connectivity index (χ0v) is 13.0. The van der Waals surface area contributed by atoms with Gasteiger partial charge in [-0.25, -0.2) is 4.68 Å². The molecular weight excluding hydrogens is 288 g/mol. The normalized spacial score (nSPS) is 10.3. The molecule has 0 spiro atoms. The molecule has 0 radical (unpaired) electrons. The van der Waals surface area contributed by atoms with Crippen LogP contribution < -0.4 is 4.90 Å². The molecule has 0 bridgehead atoms. The summed E-state index contributed by atoms with van der Waals surface area (Å²) in [5, 5.41) is 21.6. The van der Waals surface area contributed by atoms with E-state index in [1.807, 2.05) is 67.5 Å². The second-order valence-electron chi connectivity index (χ2n) is 5.32. The van der Waals surface area contributed by atoms with Gasteiger partial charge in [-0.15, -0.1) is 10.2 Å². The highest BCUT2D eigenvalue weighted by molar-refractivity contribution is 5.40. The molecule has 1 aromatic carbocycles. The van der Waals surface area contributed by atoms with Crippen molar-refractivity contribution in [3.8, 4) is 11.9 Å². The minimum Gasteiger partial charge on any atom is -0.354 e. The third-order valence-electron chi connectivity index (χ3n) is 3.49. The number of nitrogens with zero attached hydrogens (tertiary/aromatic N) is 6. The predicted molar refractivity (Wildman–Crippen MR) is 87.2 cm³/mol. The van der Waals surface area contributed by atoms with Crippen molar-refractivity contribution in [2.75, 3.05) is 11.9 Å². The molecule has 2 aromatic heterocycles. The molecule has 0 amide bonds. The number of anilines is 1. The number of aromatic nitrogens is 4. The van der Waals surface area contributed by atoms with Gasteiger partial charge in [0.05, 0.1) is 17.3 Å². The van der Waals surface area contributed by atoms with E-state index in [-0.39, 0.29) is 0 Å². The first-order chi connectivity index (χ1) is 11.2. The van der Waals surface area contributed by atoms with Crippen LogP contribution in [0.1, 0.15) is 16.8 Å². The van der Waals surface area contributed by atoms with Crippen LogP contribution in [0.25, 0.3) is 5.82 Å². The van der Waals surface area contributed by atoms with Gasteiger partial charge in [-0.1, -0.05) is 12.1 Å². The fraction of sp³-hybridized carbons (Fsp3) is 0.176. The van der Waals surface area contributed by atoms with Gasteiger partial charge in [-0.2, -0.15) is 10.4 Å². The van der Waals surface area contributed by atoms with Crippen LogP contribution in [0.5, 0.6) is 0 Å². The summed E-state index contributed by atoms with van der Waals surface area (Å²) in [6.45, 7) is 2.63. The summed E-state index contributed by atoms with van der Waals surface area (Å²) in [5.74, 6) is 1.47. The van der Waals surface area contributed by atoms with Crippen LogP contribution in [-0.4, -0.2) is 27.0 Å². The van der Waals surface area contributed by atoms with Crippen LogP contribution in [-0.2, 0) is 6.54 Å². The van der Waals surface area contributed by atoms with Gasteiger partial charge in [-0.3, -0.25) is 0 Å². The molecule has 0 aliphatic heterocycles. The van der Waals surface area contributed by atoms with Crippen LogP contribution in [0.2, 0.25) is 0 Å². The lowest BCUT2D eigenvalue weighted by atomic mass is 10.1. The van der Waals surface area contributed by atoms with Crippen molar-refractivity contribution in [3.63, 3.8) is 0 Å². The summed E-state index contributed by atoms with van der Waals surface area (Å²) in [6.07, 6.45) is 1.86. The molecule has 0 saturated heterocycles. The van der Waals surface area contributed by atoms with Crippen molar-refractivity contribution in [3.05, 3.63) is 65.5 Å². The average Bonchev–Trinajstić information content (AvgIpc) is 3.02. The van der Waals surface area contributed by atoms with E-state index in [1.54, 1.807) is 4.68 Å². The minimum absolute atomic E-state index is 0.662. The average molecular weight is 304 g/mol. The predicted octanol–water partition coefficient (Wildman–Crippen LogP) is 2.48. The summed E-state index contributed by atoms with van der Waals surface area (Å²) < 4.78 is 1.70. The molecule has 0 aliphatic rings. The third-order valence-corrected chi connectivity index (χ3v) is 3.49. The molecule has 0 fully saturated rings. The van der Waals surface area contributed by atoms with Crippen LogP contribution in [0.3, 0.4) is 0 Å². The Morgan fingerprint density at radius 3 is 2.43 bits per heavy atom. The topological polar surface area (TPSA) is 70.6 Å². The first-order valence-corrected chi connectivity index (χ1v) is 7.22. The van der Waals surface area contributed by atoms with Gasteiger partial charge < -0.3 is 4.90 Å². The zero-order valence-electron chi connectivity index (χ0n) is 13.0.